The molecule has 0 saturated carbocycles. The maximum atomic E-state index is 12.9. The normalized spacial score (nSPS) is 16.3. The van der Waals surface area contributed by atoms with E-state index in [1.807, 2.05) is 49.1 Å². The lowest BCUT2D eigenvalue weighted by Gasteiger charge is -2.26. The molecule has 1 heterocycles. The molecule has 1 amide bonds. The highest BCUT2D eigenvalue weighted by Crippen LogP contribution is 2.39. The zero-order valence-corrected chi connectivity index (χ0v) is 16.5. The molecule has 0 spiro atoms. The van der Waals surface area contributed by atoms with Crippen LogP contribution in [0.25, 0.3) is 0 Å². The smallest absolute Gasteiger partial charge is 0.261 e. The summed E-state index contributed by atoms with van der Waals surface area (Å²) in [5.41, 5.74) is 3.23. The molecule has 1 fully saturated rings. The number of carbonyl (C=O) groups is 1. The highest BCUT2D eigenvalue weighted by molar-refractivity contribution is 5.78. The highest BCUT2D eigenvalue weighted by Gasteiger charge is 2.32. The molecule has 144 valence electrons. The Morgan fingerprint density at radius 2 is 1.78 bits per heavy atom. The summed E-state index contributed by atoms with van der Waals surface area (Å²) < 4.78 is 16.7. The summed E-state index contributed by atoms with van der Waals surface area (Å²) in [6.07, 6.45) is 1.86. The number of aryl methyl sites for hydroxylation is 2. The van der Waals surface area contributed by atoms with Crippen molar-refractivity contribution < 1.29 is 19.0 Å². The average molecular weight is 369 g/mol. The molecule has 0 N–H and O–H groups in total. The van der Waals surface area contributed by atoms with Crippen molar-refractivity contribution in [3.8, 4) is 17.2 Å². The van der Waals surface area contributed by atoms with Gasteiger partial charge in [-0.15, -0.1) is 0 Å². The second-order valence-electron chi connectivity index (χ2n) is 6.97. The number of carbonyl (C=O) groups excluding carboxylic acids is 1. The Labute approximate surface area is 160 Å². The number of hydrogen-bond donors (Lipinski definition) is 0. The Morgan fingerprint density at radius 1 is 1.04 bits per heavy atom. The first-order valence-electron chi connectivity index (χ1n) is 9.24. The zero-order chi connectivity index (χ0) is 19.4. The van der Waals surface area contributed by atoms with Crippen molar-refractivity contribution in [1.82, 2.24) is 4.90 Å². The van der Waals surface area contributed by atoms with Gasteiger partial charge in [-0.2, -0.15) is 0 Å². The maximum Gasteiger partial charge on any atom is 0.261 e. The number of ether oxygens (including phenoxy) is 3. The Hall–Kier alpha value is -2.69. The number of nitrogens with zero attached hydrogens (tertiary/aromatic N) is 1. The molecule has 2 aromatic carbocycles. The molecule has 0 aromatic heterocycles. The van der Waals surface area contributed by atoms with Gasteiger partial charge in [0.25, 0.3) is 5.91 Å². The number of rotatable bonds is 6. The fourth-order valence-corrected chi connectivity index (χ4v) is 3.73. The molecule has 1 aliphatic rings. The molecule has 0 unspecified atom stereocenters. The van der Waals surface area contributed by atoms with Gasteiger partial charge in [0.15, 0.2) is 6.61 Å². The van der Waals surface area contributed by atoms with Gasteiger partial charge in [-0.1, -0.05) is 6.07 Å². The average Bonchev–Trinajstić information content (AvgIpc) is 3.14. The van der Waals surface area contributed by atoms with E-state index in [0.717, 1.165) is 53.3 Å². The molecule has 27 heavy (non-hydrogen) atoms. The van der Waals surface area contributed by atoms with Crippen LogP contribution in [0.1, 0.15) is 35.6 Å². The lowest BCUT2D eigenvalue weighted by molar-refractivity contribution is -0.134. The molecule has 1 atom stereocenters. The van der Waals surface area contributed by atoms with E-state index < -0.39 is 0 Å². The van der Waals surface area contributed by atoms with Crippen molar-refractivity contribution in [3.05, 3.63) is 53.1 Å². The van der Waals surface area contributed by atoms with E-state index in [1.165, 1.54) is 0 Å². The van der Waals surface area contributed by atoms with Gasteiger partial charge in [-0.25, -0.2) is 0 Å². The van der Waals surface area contributed by atoms with Gasteiger partial charge in [-0.05, 0) is 68.1 Å². The Morgan fingerprint density at radius 3 is 2.44 bits per heavy atom. The quantitative estimate of drug-likeness (QED) is 0.770. The second kappa shape index (κ2) is 8.33. The summed E-state index contributed by atoms with van der Waals surface area (Å²) >= 11 is 0. The molecular formula is C22H27NO4. The molecule has 5 heteroatoms. The summed E-state index contributed by atoms with van der Waals surface area (Å²) in [6.45, 7) is 4.80. The van der Waals surface area contributed by atoms with Crippen LogP contribution in [0, 0.1) is 13.8 Å². The Bertz CT molecular complexity index is 798. The molecule has 0 radical (unpaired) electrons. The van der Waals surface area contributed by atoms with Gasteiger partial charge >= 0.3 is 0 Å². The fourth-order valence-electron chi connectivity index (χ4n) is 3.73. The number of amides is 1. The van der Waals surface area contributed by atoms with Crippen LogP contribution < -0.4 is 14.2 Å². The first kappa shape index (κ1) is 19.1. The van der Waals surface area contributed by atoms with Crippen LogP contribution in [0.3, 0.4) is 0 Å². The number of methoxy groups -OCH3 is 2. The summed E-state index contributed by atoms with van der Waals surface area (Å²) in [5.74, 6) is 2.25. The van der Waals surface area contributed by atoms with Crippen LogP contribution in [0.15, 0.2) is 36.4 Å². The van der Waals surface area contributed by atoms with Crippen molar-refractivity contribution >= 4 is 5.91 Å². The zero-order valence-electron chi connectivity index (χ0n) is 16.5. The topological polar surface area (TPSA) is 48.0 Å². The van der Waals surface area contributed by atoms with Crippen molar-refractivity contribution in [1.29, 1.82) is 0 Å². The van der Waals surface area contributed by atoms with Gasteiger partial charge < -0.3 is 19.1 Å². The molecule has 0 bridgehead atoms. The monoisotopic (exact) mass is 369 g/mol. The minimum atomic E-state index is -0.0228. The van der Waals surface area contributed by atoms with Crippen molar-refractivity contribution in [2.45, 2.75) is 32.7 Å². The summed E-state index contributed by atoms with van der Waals surface area (Å²) in [5, 5.41) is 0. The molecule has 3 rings (SSSR count). The fraction of sp³-hybridized carbons (Fsp3) is 0.409. The van der Waals surface area contributed by atoms with Gasteiger partial charge in [0.2, 0.25) is 0 Å². The molecule has 1 saturated heterocycles. The molecule has 1 aliphatic heterocycles. The van der Waals surface area contributed by atoms with Gasteiger partial charge in [-0.3, -0.25) is 4.79 Å². The lowest BCUT2D eigenvalue weighted by atomic mass is 10.0. The summed E-state index contributed by atoms with van der Waals surface area (Å²) in [6, 6.07) is 11.7. The van der Waals surface area contributed by atoms with Gasteiger partial charge in [0.05, 0.1) is 20.3 Å². The van der Waals surface area contributed by atoms with E-state index in [2.05, 4.69) is 6.07 Å². The summed E-state index contributed by atoms with van der Waals surface area (Å²) in [7, 11) is 3.29. The van der Waals surface area contributed by atoms with Gasteiger partial charge in [0, 0.05) is 12.1 Å². The van der Waals surface area contributed by atoms with E-state index in [0.29, 0.717) is 0 Å². The first-order valence-corrected chi connectivity index (χ1v) is 9.24. The third-order valence-corrected chi connectivity index (χ3v) is 4.93. The van der Waals surface area contributed by atoms with Crippen molar-refractivity contribution in [2.75, 3.05) is 27.4 Å². The Kier molecular flexibility index (Phi) is 5.89. The minimum absolute atomic E-state index is 0.0125. The van der Waals surface area contributed by atoms with Crippen molar-refractivity contribution in [2.24, 2.45) is 0 Å². The third kappa shape index (κ3) is 4.35. The first-order chi connectivity index (χ1) is 13.0. The van der Waals surface area contributed by atoms with E-state index >= 15 is 0 Å². The van der Waals surface area contributed by atoms with E-state index in [9.17, 15) is 4.79 Å². The van der Waals surface area contributed by atoms with Crippen LogP contribution >= 0.6 is 0 Å². The predicted octanol–water partition coefficient (Wildman–Crippen LogP) is 4.06. The number of benzene rings is 2. The summed E-state index contributed by atoms with van der Waals surface area (Å²) in [4.78, 5) is 14.7. The maximum absolute atomic E-state index is 12.9. The van der Waals surface area contributed by atoms with Crippen LogP contribution in [0.2, 0.25) is 0 Å². The largest absolute Gasteiger partial charge is 0.497 e. The highest BCUT2D eigenvalue weighted by atomic mass is 16.5. The van der Waals surface area contributed by atoms with E-state index in [1.54, 1.807) is 14.2 Å². The van der Waals surface area contributed by atoms with Crippen LogP contribution in [-0.2, 0) is 4.79 Å². The Balaban J connectivity index is 1.75. The SMILES string of the molecule is COc1ccc(OC)c([C@H]2CCCN2C(=O)COc2cc(C)cc(C)c2)c1. The van der Waals surface area contributed by atoms with E-state index in [-0.39, 0.29) is 18.6 Å². The van der Waals surface area contributed by atoms with Gasteiger partial charge in [0.1, 0.15) is 17.2 Å². The molecule has 2 aromatic rings. The molecule has 5 nitrogen and oxygen atoms in total. The van der Waals surface area contributed by atoms with Crippen LogP contribution in [0.4, 0.5) is 0 Å². The number of hydrogen-bond acceptors (Lipinski definition) is 4. The standard InChI is InChI=1S/C22H27NO4/c1-15-10-16(2)12-18(11-15)27-14-22(24)23-9-5-6-20(23)19-13-17(25-3)7-8-21(19)26-4/h7-8,10-13,20H,5-6,9,14H2,1-4H3/t20-/m1/s1. The predicted molar refractivity (Wildman–Crippen MR) is 105 cm³/mol. The molecule has 0 aliphatic carbocycles. The van der Waals surface area contributed by atoms with Crippen LogP contribution in [0.5, 0.6) is 17.2 Å². The minimum Gasteiger partial charge on any atom is -0.497 e. The van der Waals surface area contributed by atoms with E-state index in [4.69, 9.17) is 14.2 Å². The van der Waals surface area contributed by atoms with Crippen molar-refractivity contribution in [3.63, 3.8) is 0 Å². The molecular weight excluding hydrogens is 342 g/mol. The van der Waals surface area contributed by atoms with Crippen LogP contribution in [-0.4, -0.2) is 38.2 Å². The third-order valence-electron chi connectivity index (χ3n) is 4.93. The second-order valence-corrected chi connectivity index (χ2v) is 6.97. The number of likely N-dealkylation sites (tertiary alicyclic amines) is 1. The lowest BCUT2D eigenvalue weighted by Crippen LogP contribution is -2.34.